The Morgan fingerprint density at radius 2 is 1.88 bits per heavy atom. The fraction of sp³-hybridized carbons (Fsp3) is 0. The van der Waals surface area contributed by atoms with Crippen LogP contribution in [-0.2, 0) is 0 Å². The maximum Gasteiger partial charge on any atom is 0.160 e. The van der Waals surface area contributed by atoms with Gasteiger partial charge in [-0.15, -0.1) is 0 Å². The molecule has 0 aliphatic carbocycles. The lowest BCUT2D eigenvalue weighted by Crippen LogP contribution is -1.96. The van der Waals surface area contributed by atoms with Gasteiger partial charge in [0.1, 0.15) is 6.29 Å². The van der Waals surface area contributed by atoms with Gasteiger partial charge in [-0.2, -0.15) is 0 Å². The minimum Gasteiger partial charge on any atom is -0.398 e. The third kappa shape index (κ3) is 2.13. The molecule has 1 heterocycles. The predicted molar refractivity (Wildman–Crippen MR) is 59.4 cm³/mol. The number of nitrogens with zero attached hydrogens (tertiary/aromatic N) is 1. The van der Waals surface area contributed by atoms with Crippen LogP contribution in [0.4, 0.5) is 14.5 Å². The maximum absolute atomic E-state index is 13.1. The van der Waals surface area contributed by atoms with Crippen molar-refractivity contribution in [3.8, 4) is 11.3 Å². The molecule has 86 valence electrons. The number of carbonyl (C=O) groups excluding carboxylic acids is 1. The van der Waals surface area contributed by atoms with Gasteiger partial charge in [0, 0.05) is 29.1 Å². The van der Waals surface area contributed by atoms with Crippen molar-refractivity contribution in [2.75, 3.05) is 5.73 Å². The number of benzene rings is 1. The lowest BCUT2D eigenvalue weighted by molar-refractivity contribution is 0.112. The van der Waals surface area contributed by atoms with Crippen LogP contribution in [-0.4, -0.2) is 11.3 Å². The number of carbonyl (C=O) groups is 1. The molecule has 2 rings (SSSR count). The zero-order valence-corrected chi connectivity index (χ0v) is 8.65. The van der Waals surface area contributed by atoms with E-state index >= 15 is 0 Å². The molecule has 5 heteroatoms. The predicted octanol–water partition coefficient (Wildman–Crippen LogP) is 2.42. The van der Waals surface area contributed by atoms with Gasteiger partial charge in [-0.1, -0.05) is 0 Å². The first-order chi connectivity index (χ1) is 8.11. The number of hydrogen-bond acceptors (Lipinski definition) is 3. The fourth-order valence-corrected chi connectivity index (χ4v) is 1.45. The number of hydrogen-bond donors (Lipinski definition) is 1. The number of halogens is 2. The van der Waals surface area contributed by atoms with Gasteiger partial charge >= 0.3 is 0 Å². The Kier molecular flexibility index (Phi) is 2.82. The number of pyridine rings is 1. The van der Waals surface area contributed by atoms with Crippen molar-refractivity contribution in [2.45, 2.75) is 0 Å². The highest BCUT2D eigenvalue weighted by Gasteiger charge is 2.10. The molecule has 1 aromatic heterocycles. The lowest BCUT2D eigenvalue weighted by atomic mass is 10.1. The first-order valence-corrected chi connectivity index (χ1v) is 4.78. The van der Waals surface area contributed by atoms with Crippen LogP contribution in [0.3, 0.4) is 0 Å². The number of aldehydes is 1. The fourth-order valence-electron chi connectivity index (χ4n) is 1.45. The molecule has 0 aliphatic rings. The molecule has 0 saturated heterocycles. The Morgan fingerprint density at radius 3 is 2.59 bits per heavy atom. The van der Waals surface area contributed by atoms with Gasteiger partial charge in [0.2, 0.25) is 0 Å². The SMILES string of the molecule is Nc1cc(F)c(F)cc1-c1cc(C=O)ccn1. The molecule has 17 heavy (non-hydrogen) atoms. The molecule has 0 bridgehead atoms. The Balaban J connectivity index is 2.59. The standard InChI is InChI=1S/C12H8F2N2O/c13-9-4-8(11(15)5-10(9)14)12-3-7(6-17)1-2-16-12/h1-6H,15H2. The highest BCUT2D eigenvalue weighted by molar-refractivity contribution is 5.80. The molecule has 0 radical (unpaired) electrons. The topological polar surface area (TPSA) is 56.0 Å². The minimum atomic E-state index is -1.02. The van der Waals surface area contributed by atoms with E-state index in [0.29, 0.717) is 17.5 Å². The lowest BCUT2D eigenvalue weighted by Gasteiger charge is -2.06. The largest absolute Gasteiger partial charge is 0.398 e. The first-order valence-electron chi connectivity index (χ1n) is 4.78. The molecular formula is C12H8F2N2O. The number of rotatable bonds is 2. The zero-order valence-electron chi connectivity index (χ0n) is 8.65. The van der Waals surface area contributed by atoms with E-state index in [-0.39, 0.29) is 11.3 Å². The Labute approximate surface area is 95.9 Å². The summed E-state index contributed by atoms with van der Waals surface area (Å²) < 4.78 is 26.0. The van der Waals surface area contributed by atoms with Crippen LogP contribution in [0, 0.1) is 11.6 Å². The quantitative estimate of drug-likeness (QED) is 0.641. The number of anilines is 1. The van der Waals surface area contributed by atoms with Gasteiger partial charge in [-0.3, -0.25) is 9.78 Å². The van der Waals surface area contributed by atoms with Crippen LogP contribution >= 0.6 is 0 Å². The molecular weight excluding hydrogens is 226 g/mol. The number of nitrogens with two attached hydrogens (primary N) is 1. The molecule has 0 spiro atoms. The molecule has 0 amide bonds. The highest BCUT2D eigenvalue weighted by Crippen LogP contribution is 2.26. The van der Waals surface area contributed by atoms with Crippen molar-refractivity contribution in [2.24, 2.45) is 0 Å². The molecule has 2 N–H and O–H groups in total. The second-order valence-corrected chi connectivity index (χ2v) is 3.45. The van der Waals surface area contributed by atoms with Crippen molar-refractivity contribution >= 4 is 12.0 Å². The summed E-state index contributed by atoms with van der Waals surface area (Å²) in [5.41, 5.74) is 6.62. The van der Waals surface area contributed by atoms with Gasteiger partial charge in [0.05, 0.1) is 5.69 Å². The van der Waals surface area contributed by atoms with E-state index in [1.54, 1.807) is 0 Å². The summed E-state index contributed by atoms with van der Waals surface area (Å²) in [5.74, 6) is -2.02. The maximum atomic E-state index is 13.1. The molecule has 0 atom stereocenters. The van der Waals surface area contributed by atoms with Gasteiger partial charge in [-0.25, -0.2) is 8.78 Å². The van der Waals surface area contributed by atoms with Crippen LogP contribution < -0.4 is 5.73 Å². The molecule has 3 nitrogen and oxygen atoms in total. The monoisotopic (exact) mass is 234 g/mol. The molecule has 2 aromatic rings. The summed E-state index contributed by atoms with van der Waals surface area (Å²) in [6, 6.07) is 4.81. The average molecular weight is 234 g/mol. The van der Waals surface area contributed by atoms with Crippen molar-refractivity contribution in [1.29, 1.82) is 0 Å². The minimum absolute atomic E-state index is 0.0689. The highest BCUT2D eigenvalue weighted by atomic mass is 19.2. The molecule has 1 aromatic carbocycles. The summed E-state index contributed by atoms with van der Waals surface area (Å²) >= 11 is 0. The van der Waals surface area contributed by atoms with Crippen LogP contribution in [0.15, 0.2) is 30.5 Å². The van der Waals surface area contributed by atoms with Gasteiger partial charge in [-0.05, 0) is 18.2 Å². The van der Waals surface area contributed by atoms with E-state index in [9.17, 15) is 13.6 Å². The second-order valence-electron chi connectivity index (χ2n) is 3.45. The Hall–Kier alpha value is -2.30. The average Bonchev–Trinajstić information content (AvgIpc) is 2.34. The van der Waals surface area contributed by atoms with Crippen LogP contribution in [0.1, 0.15) is 10.4 Å². The van der Waals surface area contributed by atoms with Crippen molar-refractivity contribution < 1.29 is 13.6 Å². The van der Waals surface area contributed by atoms with E-state index in [0.717, 1.165) is 12.1 Å². The van der Waals surface area contributed by atoms with E-state index in [2.05, 4.69) is 4.98 Å². The second kappa shape index (κ2) is 4.29. The molecule has 0 fully saturated rings. The Bertz CT molecular complexity index is 585. The first kappa shape index (κ1) is 11.2. The van der Waals surface area contributed by atoms with E-state index in [1.807, 2.05) is 0 Å². The van der Waals surface area contributed by atoms with E-state index < -0.39 is 11.6 Å². The summed E-state index contributed by atoms with van der Waals surface area (Å²) in [5, 5.41) is 0. The van der Waals surface area contributed by atoms with Crippen molar-refractivity contribution in [3.63, 3.8) is 0 Å². The molecule has 0 saturated carbocycles. The van der Waals surface area contributed by atoms with E-state index in [1.165, 1.54) is 18.3 Å². The van der Waals surface area contributed by atoms with E-state index in [4.69, 9.17) is 5.73 Å². The third-order valence-corrected chi connectivity index (χ3v) is 2.29. The van der Waals surface area contributed by atoms with Crippen molar-refractivity contribution in [1.82, 2.24) is 4.98 Å². The van der Waals surface area contributed by atoms with Crippen LogP contribution in [0.2, 0.25) is 0 Å². The summed E-state index contributed by atoms with van der Waals surface area (Å²) in [6.07, 6.45) is 2.04. The molecule has 0 aliphatic heterocycles. The smallest absolute Gasteiger partial charge is 0.160 e. The Morgan fingerprint density at radius 1 is 1.18 bits per heavy atom. The summed E-state index contributed by atoms with van der Waals surface area (Å²) in [7, 11) is 0. The number of nitrogen functional groups attached to an aromatic ring is 1. The molecule has 0 unspecified atom stereocenters. The summed E-state index contributed by atoms with van der Waals surface area (Å²) in [4.78, 5) is 14.6. The van der Waals surface area contributed by atoms with Gasteiger partial charge < -0.3 is 5.73 Å². The number of aromatic nitrogens is 1. The van der Waals surface area contributed by atoms with Crippen molar-refractivity contribution in [3.05, 3.63) is 47.7 Å². The third-order valence-electron chi connectivity index (χ3n) is 2.29. The van der Waals surface area contributed by atoms with Crippen LogP contribution in [0.25, 0.3) is 11.3 Å². The zero-order chi connectivity index (χ0) is 12.4. The summed E-state index contributed by atoms with van der Waals surface area (Å²) in [6.45, 7) is 0. The normalized spacial score (nSPS) is 10.2. The van der Waals surface area contributed by atoms with Crippen LogP contribution in [0.5, 0.6) is 0 Å². The van der Waals surface area contributed by atoms with Gasteiger partial charge in [0.25, 0.3) is 0 Å². The van der Waals surface area contributed by atoms with Gasteiger partial charge in [0.15, 0.2) is 11.6 Å².